The van der Waals surface area contributed by atoms with Gasteiger partial charge in [0, 0.05) is 24.5 Å². The summed E-state index contributed by atoms with van der Waals surface area (Å²) in [4.78, 5) is 8.56. The fourth-order valence-electron chi connectivity index (χ4n) is 1.53. The number of rotatable bonds is 2. The maximum atomic E-state index is 5.87. The van der Waals surface area contributed by atoms with Crippen LogP contribution >= 0.6 is 0 Å². The van der Waals surface area contributed by atoms with Crippen LogP contribution in [0, 0.1) is 0 Å². The van der Waals surface area contributed by atoms with Gasteiger partial charge in [-0.1, -0.05) is 41.5 Å². The zero-order valence-corrected chi connectivity index (χ0v) is 12.9. The summed E-state index contributed by atoms with van der Waals surface area (Å²) in [6, 6.07) is 3.66. The molecule has 2 heterocycles. The minimum absolute atomic E-state index is 0.349. The zero-order chi connectivity index (χ0) is 14.8. The Kier molecular flexibility index (Phi) is 8.25. The Morgan fingerprint density at radius 3 is 2.21 bits per heavy atom. The number of nitrogens with zero attached hydrogens (tertiary/aromatic N) is 3. The fourth-order valence-corrected chi connectivity index (χ4v) is 1.53. The van der Waals surface area contributed by atoms with Gasteiger partial charge in [-0.25, -0.2) is 9.97 Å². The summed E-state index contributed by atoms with van der Waals surface area (Å²) in [5.74, 6) is 2.07. The highest BCUT2D eigenvalue weighted by Crippen LogP contribution is 2.19. The predicted octanol–water partition coefficient (Wildman–Crippen LogP) is 4.03. The van der Waals surface area contributed by atoms with Gasteiger partial charge in [0.15, 0.2) is 5.82 Å². The van der Waals surface area contributed by atoms with Crippen molar-refractivity contribution >= 4 is 5.69 Å². The molecular formula is C15H26N4. The van der Waals surface area contributed by atoms with E-state index in [1.54, 1.807) is 12.4 Å². The monoisotopic (exact) mass is 262 g/mol. The molecule has 106 valence electrons. The first-order valence-corrected chi connectivity index (χ1v) is 6.94. The number of hydrogen-bond donors (Lipinski definition) is 1. The van der Waals surface area contributed by atoms with Gasteiger partial charge in [-0.3, -0.25) is 4.57 Å². The molecule has 0 spiro atoms. The molecule has 4 nitrogen and oxygen atoms in total. The Labute approximate surface area is 116 Å². The van der Waals surface area contributed by atoms with Crippen LogP contribution < -0.4 is 5.73 Å². The molecule has 0 fully saturated rings. The highest BCUT2D eigenvalue weighted by Gasteiger charge is 2.11. The molecule has 0 amide bonds. The second-order valence-electron chi connectivity index (χ2n) is 3.73. The quantitative estimate of drug-likeness (QED) is 0.889. The van der Waals surface area contributed by atoms with Crippen LogP contribution in [-0.4, -0.2) is 14.5 Å². The van der Waals surface area contributed by atoms with E-state index in [2.05, 4.69) is 23.8 Å². The third-order valence-electron chi connectivity index (χ3n) is 2.23. The minimum atomic E-state index is 0.349. The Hall–Kier alpha value is -1.84. The van der Waals surface area contributed by atoms with E-state index in [9.17, 15) is 0 Å². The van der Waals surface area contributed by atoms with Gasteiger partial charge in [-0.15, -0.1) is 0 Å². The van der Waals surface area contributed by atoms with Crippen LogP contribution in [0.4, 0.5) is 5.69 Å². The van der Waals surface area contributed by atoms with Crippen molar-refractivity contribution in [1.82, 2.24) is 14.5 Å². The second-order valence-corrected chi connectivity index (χ2v) is 3.73. The molecule has 2 aromatic heterocycles. The van der Waals surface area contributed by atoms with Crippen molar-refractivity contribution in [1.29, 1.82) is 0 Å². The number of nitrogens with two attached hydrogens (primary N) is 1. The molecule has 2 N–H and O–H groups in total. The maximum Gasteiger partial charge on any atom is 0.161 e. The molecule has 0 bridgehead atoms. The van der Waals surface area contributed by atoms with E-state index in [0.29, 0.717) is 11.6 Å². The summed E-state index contributed by atoms with van der Waals surface area (Å²) < 4.78 is 1.93. The molecule has 0 radical (unpaired) electrons. The maximum absolute atomic E-state index is 5.87. The third-order valence-corrected chi connectivity index (χ3v) is 2.23. The predicted molar refractivity (Wildman–Crippen MR) is 82.6 cm³/mol. The van der Waals surface area contributed by atoms with Crippen molar-refractivity contribution in [2.24, 2.45) is 0 Å². The van der Waals surface area contributed by atoms with Gasteiger partial charge in [0.05, 0.1) is 5.69 Å². The van der Waals surface area contributed by atoms with Crippen LogP contribution in [0.5, 0.6) is 0 Å². The number of aromatic nitrogens is 3. The van der Waals surface area contributed by atoms with Crippen molar-refractivity contribution in [2.75, 3.05) is 5.73 Å². The topological polar surface area (TPSA) is 56.7 Å². The van der Waals surface area contributed by atoms with Gasteiger partial charge in [0.2, 0.25) is 0 Å². The summed E-state index contributed by atoms with van der Waals surface area (Å²) in [6.45, 7) is 12.2. The van der Waals surface area contributed by atoms with Gasteiger partial charge in [-0.05, 0) is 12.1 Å². The largest absolute Gasteiger partial charge is 0.396 e. The third kappa shape index (κ3) is 4.39. The van der Waals surface area contributed by atoms with Crippen LogP contribution in [0.3, 0.4) is 0 Å². The molecule has 0 atom stereocenters. The first-order chi connectivity index (χ1) is 9.20. The molecule has 19 heavy (non-hydrogen) atoms. The van der Waals surface area contributed by atoms with E-state index < -0.39 is 0 Å². The summed E-state index contributed by atoms with van der Waals surface area (Å²) in [7, 11) is 0. The molecule has 0 aliphatic heterocycles. The number of anilines is 1. The molecule has 0 unspecified atom stereocenters. The molecule has 2 rings (SSSR count). The fraction of sp³-hybridized carbons (Fsp3) is 0.467. The van der Waals surface area contributed by atoms with Crippen LogP contribution in [0.1, 0.15) is 53.3 Å². The van der Waals surface area contributed by atoms with E-state index in [1.807, 2.05) is 50.6 Å². The molecular weight excluding hydrogens is 236 g/mol. The van der Waals surface area contributed by atoms with Crippen molar-refractivity contribution in [2.45, 2.75) is 47.5 Å². The zero-order valence-electron chi connectivity index (χ0n) is 12.9. The Bertz CT molecular complexity index is 461. The summed E-state index contributed by atoms with van der Waals surface area (Å²) in [6.07, 6.45) is 5.38. The van der Waals surface area contributed by atoms with E-state index in [0.717, 1.165) is 11.6 Å². The minimum Gasteiger partial charge on any atom is -0.396 e. The number of imidazole rings is 1. The van der Waals surface area contributed by atoms with Crippen molar-refractivity contribution < 1.29 is 0 Å². The molecule has 0 saturated carbocycles. The van der Waals surface area contributed by atoms with Gasteiger partial charge in [0.1, 0.15) is 5.82 Å². The second kappa shape index (κ2) is 9.14. The van der Waals surface area contributed by atoms with E-state index in [-0.39, 0.29) is 0 Å². The van der Waals surface area contributed by atoms with Crippen LogP contribution in [0.15, 0.2) is 30.7 Å². The van der Waals surface area contributed by atoms with E-state index >= 15 is 0 Å². The van der Waals surface area contributed by atoms with E-state index in [1.165, 1.54) is 0 Å². The van der Waals surface area contributed by atoms with Crippen molar-refractivity contribution in [3.05, 3.63) is 36.5 Å². The number of pyridine rings is 1. The lowest BCUT2D eigenvalue weighted by Gasteiger charge is -2.10. The SMILES string of the molecule is CC.CC.CC(C)c1nccn1-c1ncccc1N. The lowest BCUT2D eigenvalue weighted by atomic mass is 10.2. The Morgan fingerprint density at radius 1 is 1.05 bits per heavy atom. The van der Waals surface area contributed by atoms with Gasteiger partial charge in [-0.2, -0.15) is 0 Å². The highest BCUT2D eigenvalue weighted by atomic mass is 15.1. The molecule has 2 aromatic rings. The van der Waals surface area contributed by atoms with Gasteiger partial charge in [0.25, 0.3) is 0 Å². The number of hydrogen-bond acceptors (Lipinski definition) is 3. The van der Waals surface area contributed by atoms with Crippen molar-refractivity contribution in [3.8, 4) is 5.82 Å². The first kappa shape index (κ1) is 17.2. The lowest BCUT2D eigenvalue weighted by molar-refractivity contribution is 0.745. The normalized spacial score (nSPS) is 9.21. The Balaban J connectivity index is 0.000000741. The summed E-state index contributed by atoms with van der Waals surface area (Å²) in [5.41, 5.74) is 6.53. The van der Waals surface area contributed by atoms with Crippen LogP contribution in [0.25, 0.3) is 5.82 Å². The summed E-state index contributed by atoms with van der Waals surface area (Å²) in [5, 5.41) is 0. The first-order valence-electron chi connectivity index (χ1n) is 6.94. The highest BCUT2D eigenvalue weighted by molar-refractivity contribution is 5.52. The number of nitrogen functional groups attached to an aromatic ring is 1. The standard InChI is InChI=1S/C11H14N4.2C2H6/c1-8(2)10-14-6-7-15(10)11-9(12)4-3-5-13-11;2*1-2/h3-8H,12H2,1-2H3;2*1-2H3. The Morgan fingerprint density at radius 2 is 1.68 bits per heavy atom. The molecule has 0 saturated heterocycles. The molecule has 4 heteroatoms. The van der Waals surface area contributed by atoms with Crippen LogP contribution in [0.2, 0.25) is 0 Å². The lowest BCUT2D eigenvalue weighted by Crippen LogP contribution is -2.06. The summed E-state index contributed by atoms with van der Waals surface area (Å²) >= 11 is 0. The average molecular weight is 262 g/mol. The molecule has 0 aromatic carbocycles. The van der Waals surface area contributed by atoms with Crippen LogP contribution in [-0.2, 0) is 0 Å². The van der Waals surface area contributed by atoms with Gasteiger partial charge < -0.3 is 5.73 Å². The smallest absolute Gasteiger partial charge is 0.161 e. The van der Waals surface area contributed by atoms with Crippen molar-refractivity contribution in [3.63, 3.8) is 0 Å². The molecule has 0 aliphatic rings. The molecule has 0 aliphatic carbocycles. The van der Waals surface area contributed by atoms with E-state index in [4.69, 9.17) is 5.73 Å². The average Bonchev–Trinajstić information content (AvgIpc) is 2.93. The van der Waals surface area contributed by atoms with Gasteiger partial charge >= 0.3 is 0 Å².